The van der Waals surface area contributed by atoms with Gasteiger partial charge >= 0.3 is 0 Å². The molecule has 2 nitrogen and oxygen atoms in total. The Labute approximate surface area is 202 Å². The predicted molar refractivity (Wildman–Crippen MR) is 149 cm³/mol. The van der Waals surface area contributed by atoms with E-state index >= 15 is 0 Å². The molecule has 0 aliphatic carbocycles. The Balaban J connectivity index is 1.83. The van der Waals surface area contributed by atoms with Gasteiger partial charge in [-0.15, -0.1) is 0 Å². The predicted octanol–water partition coefficient (Wildman–Crippen LogP) is 9.33. The van der Waals surface area contributed by atoms with Crippen LogP contribution in [-0.4, -0.2) is 0 Å². The molecule has 34 heavy (non-hydrogen) atoms. The van der Waals surface area contributed by atoms with Crippen LogP contribution in [0.15, 0.2) is 72.8 Å². The second kappa shape index (κ2) is 8.53. The van der Waals surface area contributed by atoms with Crippen LogP contribution >= 0.6 is 0 Å². The van der Waals surface area contributed by atoms with Gasteiger partial charge in [0.1, 0.15) is 0 Å². The molecule has 0 radical (unpaired) electrons. The second-order valence-electron chi connectivity index (χ2n) is 9.64. The van der Waals surface area contributed by atoms with Gasteiger partial charge < -0.3 is 10.6 Å². The van der Waals surface area contributed by atoms with Gasteiger partial charge in [0, 0.05) is 22.1 Å². The van der Waals surface area contributed by atoms with Crippen LogP contribution in [-0.2, 0) is 0 Å². The summed E-state index contributed by atoms with van der Waals surface area (Å²) < 4.78 is 0. The van der Waals surface area contributed by atoms with E-state index < -0.39 is 0 Å². The van der Waals surface area contributed by atoms with E-state index in [0.29, 0.717) is 0 Å². The zero-order valence-corrected chi connectivity index (χ0v) is 20.9. The molecule has 0 aliphatic heterocycles. The average molecular weight is 445 g/mol. The highest BCUT2D eigenvalue weighted by Gasteiger charge is 2.18. The Morgan fingerprint density at radius 1 is 0.382 bits per heavy atom. The van der Waals surface area contributed by atoms with Crippen LogP contribution < -0.4 is 10.6 Å². The van der Waals surface area contributed by atoms with Crippen LogP contribution in [0.1, 0.15) is 33.4 Å². The summed E-state index contributed by atoms with van der Waals surface area (Å²) in [5.41, 5.74) is 12.2. The summed E-state index contributed by atoms with van der Waals surface area (Å²) >= 11 is 0. The van der Waals surface area contributed by atoms with Crippen molar-refractivity contribution in [3.05, 3.63) is 106 Å². The van der Waals surface area contributed by atoms with Crippen LogP contribution in [0.2, 0.25) is 0 Å². The topological polar surface area (TPSA) is 24.1 Å². The number of aryl methyl sites for hydroxylation is 6. The minimum atomic E-state index is 1.11. The monoisotopic (exact) mass is 444 g/mol. The second-order valence-corrected chi connectivity index (χ2v) is 9.64. The molecular weight excluding hydrogens is 412 g/mol. The molecule has 2 heteroatoms. The zero-order valence-electron chi connectivity index (χ0n) is 20.9. The van der Waals surface area contributed by atoms with Crippen LogP contribution in [0.5, 0.6) is 0 Å². The van der Waals surface area contributed by atoms with E-state index in [2.05, 4.69) is 125 Å². The highest BCUT2D eigenvalue weighted by Crippen LogP contribution is 2.44. The molecular formula is C32H32N2. The van der Waals surface area contributed by atoms with Crippen LogP contribution in [0, 0.1) is 41.5 Å². The standard InChI is InChI=1S/C32H32N2/c1-19-15-21(3)29(22(4)16-19)33-31-27-13-9-7-11-25(27)26-12-8-10-14-28(26)32(31)34-30-23(5)17-20(2)18-24(30)6/h7-18,33-34H,1-6H3. The Bertz CT molecular complexity index is 1400. The molecule has 0 aliphatic rings. The normalized spacial score (nSPS) is 11.2. The molecule has 5 aromatic carbocycles. The number of fused-ring (bicyclic) bond motifs is 3. The van der Waals surface area contributed by atoms with Crippen molar-refractivity contribution >= 4 is 44.3 Å². The van der Waals surface area contributed by atoms with E-state index in [9.17, 15) is 0 Å². The van der Waals surface area contributed by atoms with Gasteiger partial charge in [0.15, 0.2) is 0 Å². The number of rotatable bonds is 4. The van der Waals surface area contributed by atoms with Gasteiger partial charge in [0.05, 0.1) is 11.4 Å². The third kappa shape index (κ3) is 3.80. The van der Waals surface area contributed by atoms with Gasteiger partial charge in [-0.3, -0.25) is 0 Å². The first-order chi connectivity index (χ1) is 16.3. The van der Waals surface area contributed by atoms with Crippen LogP contribution in [0.4, 0.5) is 22.7 Å². The highest BCUT2D eigenvalue weighted by atomic mass is 15.0. The van der Waals surface area contributed by atoms with Gasteiger partial charge in [-0.05, 0) is 74.6 Å². The van der Waals surface area contributed by atoms with Gasteiger partial charge in [-0.25, -0.2) is 0 Å². The van der Waals surface area contributed by atoms with Gasteiger partial charge in [-0.2, -0.15) is 0 Å². The van der Waals surface area contributed by atoms with E-state index in [0.717, 1.165) is 11.4 Å². The summed E-state index contributed by atoms with van der Waals surface area (Å²) in [5.74, 6) is 0. The summed E-state index contributed by atoms with van der Waals surface area (Å²) in [6.07, 6.45) is 0. The fourth-order valence-corrected chi connectivity index (χ4v) is 5.41. The zero-order chi connectivity index (χ0) is 24.0. The number of anilines is 4. The molecule has 0 heterocycles. The van der Waals surface area contributed by atoms with E-state index in [4.69, 9.17) is 0 Å². The van der Waals surface area contributed by atoms with Crippen molar-refractivity contribution in [1.82, 2.24) is 0 Å². The molecule has 0 fully saturated rings. The minimum Gasteiger partial charge on any atom is -0.353 e. The highest BCUT2D eigenvalue weighted by molar-refractivity contribution is 6.21. The van der Waals surface area contributed by atoms with Crippen molar-refractivity contribution in [2.75, 3.05) is 10.6 Å². The van der Waals surface area contributed by atoms with Crippen molar-refractivity contribution in [2.24, 2.45) is 0 Å². The summed E-state index contributed by atoms with van der Waals surface area (Å²) in [6.45, 7) is 13.1. The molecule has 0 unspecified atom stereocenters. The fourth-order valence-electron chi connectivity index (χ4n) is 5.41. The molecule has 5 rings (SSSR count). The quantitative estimate of drug-likeness (QED) is 0.213. The minimum absolute atomic E-state index is 1.11. The lowest BCUT2D eigenvalue weighted by Gasteiger charge is -2.23. The van der Waals surface area contributed by atoms with E-state index in [-0.39, 0.29) is 0 Å². The number of hydrogen-bond acceptors (Lipinski definition) is 2. The molecule has 0 saturated carbocycles. The Hall–Kier alpha value is -3.78. The smallest absolute Gasteiger partial charge is 0.0709 e. The van der Waals surface area contributed by atoms with Crippen molar-refractivity contribution in [2.45, 2.75) is 41.5 Å². The van der Waals surface area contributed by atoms with Crippen molar-refractivity contribution < 1.29 is 0 Å². The van der Waals surface area contributed by atoms with Crippen molar-refractivity contribution in [3.63, 3.8) is 0 Å². The maximum Gasteiger partial charge on any atom is 0.0709 e. The Kier molecular flexibility index (Phi) is 5.53. The lowest BCUT2D eigenvalue weighted by Crippen LogP contribution is -2.04. The largest absolute Gasteiger partial charge is 0.353 e. The average Bonchev–Trinajstić information content (AvgIpc) is 2.79. The molecule has 2 N–H and O–H groups in total. The third-order valence-electron chi connectivity index (χ3n) is 6.79. The first kappa shape index (κ1) is 22.0. The first-order valence-electron chi connectivity index (χ1n) is 12.0. The number of nitrogens with one attached hydrogen (secondary N) is 2. The first-order valence-corrected chi connectivity index (χ1v) is 12.0. The molecule has 0 saturated heterocycles. The Morgan fingerprint density at radius 2 is 0.676 bits per heavy atom. The summed E-state index contributed by atoms with van der Waals surface area (Å²) in [6, 6.07) is 26.4. The number of benzene rings is 5. The fraction of sp³-hybridized carbons (Fsp3) is 0.188. The summed E-state index contributed by atoms with van der Waals surface area (Å²) in [5, 5.41) is 12.7. The molecule has 0 spiro atoms. The molecule has 170 valence electrons. The van der Waals surface area contributed by atoms with Gasteiger partial charge in [0.2, 0.25) is 0 Å². The SMILES string of the molecule is Cc1cc(C)c(Nc2c(Nc3c(C)cc(C)cc3C)c3ccccc3c3ccccc23)c(C)c1. The van der Waals surface area contributed by atoms with Gasteiger partial charge in [-0.1, -0.05) is 83.9 Å². The molecule has 0 amide bonds. The summed E-state index contributed by atoms with van der Waals surface area (Å²) in [4.78, 5) is 0. The van der Waals surface area contributed by atoms with Crippen LogP contribution in [0.3, 0.4) is 0 Å². The Morgan fingerprint density at radius 3 is 1.00 bits per heavy atom. The van der Waals surface area contributed by atoms with E-state index in [1.807, 2.05) is 0 Å². The molecule has 0 atom stereocenters. The lowest BCUT2D eigenvalue weighted by atomic mass is 9.96. The number of hydrogen-bond donors (Lipinski definition) is 2. The summed E-state index contributed by atoms with van der Waals surface area (Å²) in [7, 11) is 0. The third-order valence-corrected chi connectivity index (χ3v) is 6.79. The maximum atomic E-state index is 3.88. The molecule has 0 bridgehead atoms. The maximum absolute atomic E-state index is 3.88. The molecule has 0 aromatic heterocycles. The lowest BCUT2D eigenvalue weighted by molar-refractivity contribution is 1.30. The van der Waals surface area contributed by atoms with Gasteiger partial charge in [0.25, 0.3) is 0 Å². The van der Waals surface area contributed by atoms with E-state index in [1.54, 1.807) is 0 Å². The van der Waals surface area contributed by atoms with Crippen LogP contribution in [0.25, 0.3) is 21.5 Å². The van der Waals surface area contributed by atoms with Crippen molar-refractivity contribution in [1.29, 1.82) is 0 Å². The molecule has 5 aromatic rings. The van der Waals surface area contributed by atoms with E-state index in [1.165, 1.54) is 66.3 Å². The van der Waals surface area contributed by atoms with Crippen molar-refractivity contribution in [3.8, 4) is 0 Å².